The maximum atomic E-state index is 12.2. The van der Waals surface area contributed by atoms with Crippen LogP contribution in [0.3, 0.4) is 0 Å². The van der Waals surface area contributed by atoms with E-state index in [-0.39, 0.29) is 11.4 Å². The number of aromatic carboxylic acids is 1. The molecule has 0 bridgehead atoms. The summed E-state index contributed by atoms with van der Waals surface area (Å²) in [5.41, 5.74) is 0.240. The van der Waals surface area contributed by atoms with Crippen LogP contribution in [0.25, 0.3) is 0 Å². The van der Waals surface area contributed by atoms with Gasteiger partial charge >= 0.3 is 5.97 Å². The molecule has 3 N–H and O–H groups in total. The lowest BCUT2D eigenvalue weighted by molar-refractivity contribution is 0.0693. The van der Waals surface area contributed by atoms with Gasteiger partial charge in [-0.15, -0.1) is 0 Å². The molecule has 8 heteroatoms. The van der Waals surface area contributed by atoms with Crippen molar-refractivity contribution in [2.75, 3.05) is 7.11 Å². The van der Waals surface area contributed by atoms with Gasteiger partial charge in [-0.3, -0.25) is 0 Å². The first kappa shape index (κ1) is 16.8. The van der Waals surface area contributed by atoms with Crippen molar-refractivity contribution in [3.05, 3.63) is 53.6 Å². The average molecular weight is 337 g/mol. The zero-order chi connectivity index (χ0) is 17.0. The Morgan fingerprint density at radius 2 is 1.83 bits per heavy atom. The molecular formula is C15H15NO6S. The first-order valence-corrected chi connectivity index (χ1v) is 8.00. The third-order valence-electron chi connectivity index (χ3n) is 3.13. The molecule has 2 aromatic rings. The number of nitrogens with one attached hydrogen (secondary N) is 1. The summed E-state index contributed by atoms with van der Waals surface area (Å²) in [5.74, 6) is -1.25. The van der Waals surface area contributed by atoms with Gasteiger partial charge in [-0.25, -0.2) is 17.9 Å². The molecule has 2 aromatic carbocycles. The summed E-state index contributed by atoms with van der Waals surface area (Å²) in [6.07, 6.45) is 0. The zero-order valence-corrected chi connectivity index (χ0v) is 13.0. The van der Waals surface area contributed by atoms with Gasteiger partial charge in [0, 0.05) is 6.54 Å². The third-order valence-corrected chi connectivity index (χ3v) is 4.53. The molecule has 0 aromatic heterocycles. The minimum absolute atomic E-state index is 0.0373. The fraction of sp³-hybridized carbons (Fsp3) is 0.133. The Morgan fingerprint density at radius 1 is 1.17 bits per heavy atom. The molecule has 0 saturated heterocycles. The van der Waals surface area contributed by atoms with Crippen LogP contribution in [-0.4, -0.2) is 31.7 Å². The number of sulfonamides is 1. The molecule has 0 aliphatic rings. The molecule has 0 spiro atoms. The highest BCUT2D eigenvalue weighted by atomic mass is 32.2. The maximum Gasteiger partial charge on any atom is 0.339 e. The smallest absolute Gasteiger partial charge is 0.339 e. The van der Waals surface area contributed by atoms with Crippen LogP contribution < -0.4 is 9.46 Å². The van der Waals surface area contributed by atoms with Crippen LogP contribution in [0.4, 0.5) is 0 Å². The SMILES string of the molecule is COc1ccc(CNS(=O)(=O)c2ccc(O)c(C(=O)O)c2)cc1. The third kappa shape index (κ3) is 3.99. The second kappa shape index (κ2) is 6.67. The normalized spacial score (nSPS) is 11.2. The molecule has 0 aliphatic carbocycles. The van der Waals surface area contributed by atoms with Gasteiger partial charge in [0.15, 0.2) is 0 Å². The van der Waals surface area contributed by atoms with Gasteiger partial charge in [0.05, 0.1) is 12.0 Å². The number of rotatable bonds is 6. The van der Waals surface area contributed by atoms with Gasteiger partial charge in [0.1, 0.15) is 17.1 Å². The minimum atomic E-state index is -3.90. The molecule has 0 aliphatic heterocycles. The lowest BCUT2D eigenvalue weighted by Crippen LogP contribution is -2.23. The van der Waals surface area contributed by atoms with Gasteiger partial charge in [0.25, 0.3) is 0 Å². The van der Waals surface area contributed by atoms with Crippen LogP contribution in [0.5, 0.6) is 11.5 Å². The monoisotopic (exact) mass is 337 g/mol. The van der Waals surface area contributed by atoms with Crippen LogP contribution >= 0.6 is 0 Å². The van der Waals surface area contributed by atoms with Crippen molar-refractivity contribution in [3.8, 4) is 11.5 Å². The number of benzene rings is 2. The predicted octanol–water partition coefficient (Wildman–Crippen LogP) is 1.58. The number of methoxy groups -OCH3 is 1. The van der Waals surface area contributed by atoms with E-state index < -0.39 is 27.3 Å². The van der Waals surface area contributed by atoms with E-state index in [0.29, 0.717) is 11.3 Å². The molecule has 0 radical (unpaired) electrons. The standard InChI is InChI=1S/C15H15NO6S/c1-22-11-4-2-10(3-5-11)9-16-23(20,21)12-6-7-14(17)13(8-12)15(18)19/h2-8,16-17H,9H2,1H3,(H,18,19). The summed E-state index contributed by atoms with van der Waals surface area (Å²) in [5, 5.41) is 18.3. The van der Waals surface area contributed by atoms with Crippen molar-refractivity contribution >= 4 is 16.0 Å². The molecular weight excluding hydrogens is 322 g/mol. The lowest BCUT2D eigenvalue weighted by atomic mass is 10.2. The summed E-state index contributed by atoms with van der Waals surface area (Å²) in [6.45, 7) is 0.0373. The fourth-order valence-electron chi connectivity index (χ4n) is 1.86. The molecule has 0 heterocycles. The molecule has 0 unspecified atom stereocenters. The highest BCUT2D eigenvalue weighted by Crippen LogP contribution is 2.21. The largest absolute Gasteiger partial charge is 0.507 e. The highest BCUT2D eigenvalue weighted by molar-refractivity contribution is 7.89. The summed E-state index contributed by atoms with van der Waals surface area (Å²) < 4.78 is 31.8. The molecule has 2 rings (SSSR count). The van der Waals surface area contributed by atoms with E-state index in [9.17, 15) is 18.3 Å². The van der Waals surface area contributed by atoms with E-state index in [2.05, 4.69) is 4.72 Å². The van der Waals surface area contributed by atoms with Gasteiger partial charge in [-0.05, 0) is 35.9 Å². The van der Waals surface area contributed by atoms with Crippen molar-refractivity contribution in [1.82, 2.24) is 4.72 Å². The Bertz CT molecular complexity index is 814. The second-order valence-corrected chi connectivity index (χ2v) is 6.42. The molecule has 7 nitrogen and oxygen atoms in total. The van der Waals surface area contributed by atoms with Gasteiger partial charge in [-0.1, -0.05) is 12.1 Å². The van der Waals surface area contributed by atoms with E-state index in [1.807, 2.05) is 0 Å². The van der Waals surface area contributed by atoms with E-state index >= 15 is 0 Å². The summed E-state index contributed by atoms with van der Waals surface area (Å²) in [6, 6.07) is 9.90. The van der Waals surface area contributed by atoms with Crippen LogP contribution in [0.1, 0.15) is 15.9 Å². The van der Waals surface area contributed by atoms with Crippen LogP contribution in [0.15, 0.2) is 47.4 Å². The topological polar surface area (TPSA) is 113 Å². The zero-order valence-electron chi connectivity index (χ0n) is 12.2. The van der Waals surface area contributed by atoms with Gasteiger partial charge in [0.2, 0.25) is 10.0 Å². The van der Waals surface area contributed by atoms with Crippen LogP contribution in [0.2, 0.25) is 0 Å². The number of aromatic hydroxyl groups is 1. The average Bonchev–Trinajstić information content (AvgIpc) is 2.53. The van der Waals surface area contributed by atoms with Crippen molar-refractivity contribution < 1.29 is 28.2 Å². The second-order valence-electron chi connectivity index (χ2n) is 4.66. The summed E-state index contributed by atoms with van der Waals surface area (Å²) >= 11 is 0. The van der Waals surface area contributed by atoms with Gasteiger partial charge < -0.3 is 14.9 Å². The number of phenols is 1. The van der Waals surface area contributed by atoms with Crippen molar-refractivity contribution in [3.63, 3.8) is 0 Å². The first-order valence-electron chi connectivity index (χ1n) is 6.52. The minimum Gasteiger partial charge on any atom is -0.507 e. The Morgan fingerprint density at radius 3 is 2.39 bits per heavy atom. The number of carboxylic acids is 1. The molecule has 0 atom stereocenters. The number of ether oxygens (including phenoxy) is 1. The van der Waals surface area contributed by atoms with E-state index in [1.54, 1.807) is 24.3 Å². The predicted molar refractivity (Wildman–Crippen MR) is 82.1 cm³/mol. The molecule has 122 valence electrons. The number of carbonyl (C=O) groups is 1. The summed E-state index contributed by atoms with van der Waals surface area (Å²) in [7, 11) is -2.37. The van der Waals surface area contributed by atoms with E-state index in [0.717, 1.165) is 18.2 Å². The Kier molecular flexibility index (Phi) is 4.87. The molecule has 0 fully saturated rings. The van der Waals surface area contributed by atoms with Crippen LogP contribution in [-0.2, 0) is 16.6 Å². The maximum absolute atomic E-state index is 12.2. The Hall–Kier alpha value is -2.58. The quantitative estimate of drug-likeness (QED) is 0.737. The Labute approximate surface area is 133 Å². The fourth-order valence-corrected chi connectivity index (χ4v) is 2.90. The highest BCUT2D eigenvalue weighted by Gasteiger charge is 2.18. The molecule has 0 amide bonds. The van der Waals surface area contributed by atoms with Crippen LogP contribution in [0, 0.1) is 0 Å². The number of hydrogen-bond acceptors (Lipinski definition) is 5. The Balaban J connectivity index is 2.18. The van der Waals surface area contributed by atoms with Crippen molar-refractivity contribution in [2.24, 2.45) is 0 Å². The van der Waals surface area contributed by atoms with E-state index in [1.165, 1.54) is 7.11 Å². The number of carboxylic acid groups (broad SMARTS) is 1. The molecule has 0 saturated carbocycles. The van der Waals surface area contributed by atoms with Crippen molar-refractivity contribution in [2.45, 2.75) is 11.4 Å². The first-order chi connectivity index (χ1) is 10.8. The molecule has 23 heavy (non-hydrogen) atoms. The summed E-state index contributed by atoms with van der Waals surface area (Å²) in [4.78, 5) is 10.7. The lowest BCUT2D eigenvalue weighted by Gasteiger charge is -2.09. The number of hydrogen-bond donors (Lipinski definition) is 3. The van der Waals surface area contributed by atoms with Crippen molar-refractivity contribution in [1.29, 1.82) is 0 Å². The van der Waals surface area contributed by atoms with Gasteiger partial charge in [-0.2, -0.15) is 0 Å². The van der Waals surface area contributed by atoms with E-state index in [4.69, 9.17) is 9.84 Å².